The molecule has 0 amide bonds. The van der Waals surface area contributed by atoms with Crippen LogP contribution in [0.2, 0.25) is 0 Å². The summed E-state index contributed by atoms with van der Waals surface area (Å²) in [6.45, 7) is 3.07. The Bertz CT molecular complexity index is 692. The van der Waals surface area contributed by atoms with Gasteiger partial charge in [-0.05, 0) is 18.6 Å². The van der Waals surface area contributed by atoms with E-state index >= 15 is 0 Å². The molecule has 1 aromatic carbocycles. The fourth-order valence-corrected chi connectivity index (χ4v) is 2.60. The van der Waals surface area contributed by atoms with E-state index in [4.69, 9.17) is 0 Å². The molecule has 0 aliphatic rings. The third-order valence-electron chi connectivity index (χ3n) is 2.78. The number of nitrogens with one attached hydrogen (secondary N) is 1. The molecule has 5 nitrogen and oxygen atoms in total. The zero-order valence-corrected chi connectivity index (χ0v) is 12.5. The van der Waals surface area contributed by atoms with E-state index in [-0.39, 0.29) is 27.2 Å². The average molecular weight is 308 g/mol. The van der Waals surface area contributed by atoms with Crippen molar-refractivity contribution in [2.24, 2.45) is 0 Å². The van der Waals surface area contributed by atoms with Gasteiger partial charge in [0.05, 0.1) is 12.8 Å². The average Bonchev–Trinajstić information content (AvgIpc) is 2.86. The Hall–Kier alpha value is -2.28. The molecule has 0 aliphatic heterocycles. The zero-order chi connectivity index (χ0) is 15.6. The molecule has 1 N–H and O–H groups in total. The summed E-state index contributed by atoms with van der Waals surface area (Å²) in [5.41, 5.74) is 0.887. The Morgan fingerprint density at radius 2 is 2.10 bits per heavy atom. The molecule has 0 fully saturated rings. The lowest BCUT2D eigenvalue weighted by Crippen LogP contribution is -2.07. The second-order valence-electron chi connectivity index (χ2n) is 4.30. The van der Waals surface area contributed by atoms with Gasteiger partial charge in [-0.2, -0.15) is 0 Å². The fraction of sp³-hybridized carbons (Fsp3) is 0.214. The largest absolute Gasteiger partial charge is 0.464 e. The molecular formula is C14H13FN2O3S. The van der Waals surface area contributed by atoms with E-state index in [0.717, 1.165) is 11.3 Å². The van der Waals surface area contributed by atoms with Crippen LogP contribution in [0.1, 0.15) is 32.6 Å². The third kappa shape index (κ3) is 3.08. The normalized spacial score (nSPS) is 10.3. The molecular weight excluding hydrogens is 295 g/mol. The molecule has 0 radical (unpaired) electrons. The Balaban J connectivity index is 2.42. The van der Waals surface area contributed by atoms with Crippen LogP contribution in [0.25, 0.3) is 0 Å². The summed E-state index contributed by atoms with van der Waals surface area (Å²) in [6.07, 6.45) is 0. The molecule has 2 rings (SSSR count). The van der Waals surface area contributed by atoms with Crippen molar-refractivity contribution in [2.45, 2.75) is 13.8 Å². The number of aryl methyl sites for hydroxylation is 1. The predicted molar refractivity (Wildman–Crippen MR) is 77.9 cm³/mol. The van der Waals surface area contributed by atoms with Crippen LogP contribution in [-0.4, -0.2) is 23.8 Å². The maximum Gasteiger partial charge on any atom is 0.358 e. The molecule has 0 saturated heterocycles. The van der Waals surface area contributed by atoms with Crippen molar-refractivity contribution < 1.29 is 18.7 Å². The fourth-order valence-electron chi connectivity index (χ4n) is 1.74. The SMILES string of the molecule is COC(=O)c1nc(Nc2c(C)cccc2F)sc1C(C)=O. The highest BCUT2D eigenvalue weighted by Crippen LogP contribution is 2.29. The minimum absolute atomic E-state index is 0.0634. The molecule has 1 aromatic heterocycles. The topological polar surface area (TPSA) is 68.3 Å². The molecule has 2 aromatic rings. The number of para-hydroxylation sites is 1. The molecule has 0 bridgehead atoms. The Morgan fingerprint density at radius 3 is 2.67 bits per heavy atom. The van der Waals surface area contributed by atoms with Gasteiger partial charge < -0.3 is 10.1 Å². The van der Waals surface area contributed by atoms with Crippen LogP contribution < -0.4 is 5.32 Å². The Labute approximate surface area is 124 Å². The minimum atomic E-state index is -0.699. The minimum Gasteiger partial charge on any atom is -0.464 e. The summed E-state index contributed by atoms with van der Waals surface area (Å²) < 4.78 is 18.4. The number of rotatable bonds is 4. The molecule has 0 aliphatic carbocycles. The summed E-state index contributed by atoms with van der Waals surface area (Å²) in [6, 6.07) is 4.65. The predicted octanol–water partition coefficient (Wildman–Crippen LogP) is 3.32. The van der Waals surface area contributed by atoms with Gasteiger partial charge in [0, 0.05) is 6.92 Å². The van der Waals surface area contributed by atoms with Crippen LogP contribution >= 0.6 is 11.3 Å². The van der Waals surface area contributed by atoms with Crippen molar-refractivity contribution >= 4 is 33.9 Å². The molecule has 21 heavy (non-hydrogen) atoms. The van der Waals surface area contributed by atoms with Gasteiger partial charge in [-0.25, -0.2) is 14.2 Å². The third-order valence-corrected chi connectivity index (χ3v) is 3.85. The van der Waals surface area contributed by atoms with E-state index in [2.05, 4.69) is 15.0 Å². The number of hydrogen-bond acceptors (Lipinski definition) is 6. The second-order valence-corrected chi connectivity index (χ2v) is 5.30. The first kappa shape index (κ1) is 15.1. The lowest BCUT2D eigenvalue weighted by atomic mass is 10.2. The van der Waals surface area contributed by atoms with Crippen LogP contribution in [0.5, 0.6) is 0 Å². The Morgan fingerprint density at radius 1 is 1.38 bits per heavy atom. The maximum absolute atomic E-state index is 13.8. The lowest BCUT2D eigenvalue weighted by molar-refractivity contribution is 0.0591. The van der Waals surface area contributed by atoms with Gasteiger partial charge in [-0.1, -0.05) is 23.5 Å². The summed E-state index contributed by atoms with van der Waals surface area (Å²) >= 11 is 0.984. The van der Waals surface area contributed by atoms with E-state index in [0.29, 0.717) is 5.56 Å². The van der Waals surface area contributed by atoms with E-state index in [1.54, 1.807) is 19.1 Å². The number of ketones is 1. The van der Waals surface area contributed by atoms with E-state index < -0.39 is 11.8 Å². The number of carbonyl (C=O) groups excluding carboxylic acids is 2. The number of nitrogens with zero attached hydrogens (tertiary/aromatic N) is 1. The molecule has 110 valence electrons. The quantitative estimate of drug-likeness (QED) is 0.693. The van der Waals surface area contributed by atoms with Gasteiger partial charge in [0.15, 0.2) is 16.6 Å². The number of anilines is 2. The van der Waals surface area contributed by atoms with Crippen molar-refractivity contribution in [2.75, 3.05) is 12.4 Å². The van der Waals surface area contributed by atoms with Gasteiger partial charge >= 0.3 is 5.97 Å². The number of halogens is 1. The van der Waals surface area contributed by atoms with Crippen molar-refractivity contribution in [3.05, 3.63) is 40.2 Å². The van der Waals surface area contributed by atoms with Crippen molar-refractivity contribution in [1.82, 2.24) is 4.98 Å². The van der Waals surface area contributed by atoms with E-state index in [9.17, 15) is 14.0 Å². The Kier molecular flexibility index (Phi) is 4.32. The highest BCUT2D eigenvalue weighted by molar-refractivity contribution is 7.17. The van der Waals surface area contributed by atoms with Crippen LogP contribution in [0.15, 0.2) is 18.2 Å². The highest BCUT2D eigenvalue weighted by Gasteiger charge is 2.22. The summed E-state index contributed by atoms with van der Waals surface area (Å²) in [4.78, 5) is 27.4. The van der Waals surface area contributed by atoms with Crippen LogP contribution in [0.4, 0.5) is 15.2 Å². The number of carbonyl (C=O) groups is 2. The standard InChI is InChI=1S/C14H13FN2O3S/c1-7-5-4-6-9(15)10(7)16-14-17-11(13(19)20-3)12(21-14)8(2)18/h4-6H,1-3H3,(H,16,17). The number of benzene rings is 1. The number of thiazole rings is 1. The van der Waals surface area contributed by atoms with Gasteiger partial charge in [0.25, 0.3) is 0 Å². The van der Waals surface area contributed by atoms with Crippen LogP contribution in [-0.2, 0) is 4.74 Å². The van der Waals surface area contributed by atoms with Crippen LogP contribution in [0.3, 0.4) is 0 Å². The number of ether oxygens (including phenoxy) is 1. The van der Waals surface area contributed by atoms with Gasteiger partial charge in [-0.3, -0.25) is 4.79 Å². The van der Waals surface area contributed by atoms with E-state index in [1.165, 1.54) is 20.1 Å². The maximum atomic E-state index is 13.8. The van der Waals surface area contributed by atoms with Crippen molar-refractivity contribution in [3.8, 4) is 0 Å². The molecule has 0 atom stereocenters. The number of aromatic nitrogens is 1. The summed E-state index contributed by atoms with van der Waals surface area (Å²) in [5.74, 6) is -1.44. The first-order valence-electron chi connectivity index (χ1n) is 6.06. The second kappa shape index (κ2) is 6.01. The van der Waals surface area contributed by atoms with Gasteiger partial charge in [0.2, 0.25) is 0 Å². The van der Waals surface area contributed by atoms with E-state index in [1.807, 2.05) is 0 Å². The smallest absolute Gasteiger partial charge is 0.358 e. The van der Waals surface area contributed by atoms with Crippen molar-refractivity contribution in [1.29, 1.82) is 0 Å². The number of hydrogen-bond donors (Lipinski definition) is 1. The summed E-state index contributed by atoms with van der Waals surface area (Å²) in [7, 11) is 1.21. The monoisotopic (exact) mass is 308 g/mol. The zero-order valence-electron chi connectivity index (χ0n) is 11.7. The molecule has 0 saturated carbocycles. The molecule has 0 spiro atoms. The molecule has 7 heteroatoms. The van der Waals surface area contributed by atoms with Gasteiger partial charge in [-0.15, -0.1) is 0 Å². The number of esters is 1. The highest BCUT2D eigenvalue weighted by atomic mass is 32.1. The first-order valence-corrected chi connectivity index (χ1v) is 6.88. The summed E-state index contributed by atoms with van der Waals surface area (Å²) in [5, 5.41) is 3.07. The lowest BCUT2D eigenvalue weighted by Gasteiger charge is -2.07. The number of methoxy groups -OCH3 is 1. The molecule has 0 unspecified atom stereocenters. The van der Waals surface area contributed by atoms with Crippen molar-refractivity contribution in [3.63, 3.8) is 0 Å². The number of Topliss-reactive ketones (excluding diaryl/α,β-unsaturated/α-hetero) is 1. The van der Waals surface area contributed by atoms with Gasteiger partial charge in [0.1, 0.15) is 10.7 Å². The first-order chi connectivity index (χ1) is 9.93. The molecule has 1 heterocycles. The van der Waals surface area contributed by atoms with Crippen LogP contribution in [0, 0.1) is 12.7 Å².